The van der Waals surface area contributed by atoms with Crippen molar-refractivity contribution in [3.8, 4) is 11.5 Å². The normalized spacial score (nSPS) is 21.0. The van der Waals surface area contributed by atoms with E-state index in [0.29, 0.717) is 29.0 Å². The van der Waals surface area contributed by atoms with Crippen molar-refractivity contribution in [2.24, 2.45) is 0 Å². The second-order valence-corrected chi connectivity index (χ2v) is 7.94. The number of rotatable bonds is 4. The maximum absolute atomic E-state index is 12.5. The van der Waals surface area contributed by atoms with Gasteiger partial charge in [0.25, 0.3) is 5.22 Å². The smallest absolute Gasteiger partial charge is 0.277 e. The number of carbonyl (C=O) groups excluding carboxylic acids is 1. The minimum atomic E-state index is 0.141. The van der Waals surface area contributed by atoms with Crippen LogP contribution in [-0.4, -0.2) is 38.8 Å². The van der Waals surface area contributed by atoms with Gasteiger partial charge in [0.1, 0.15) is 0 Å². The second kappa shape index (κ2) is 7.70. The molecule has 1 aliphatic heterocycles. The molecule has 24 heavy (non-hydrogen) atoms. The van der Waals surface area contributed by atoms with Gasteiger partial charge in [0.2, 0.25) is 11.8 Å². The van der Waals surface area contributed by atoms with Gasteiger partial charge in [-0.05, 0) is 51.3 Å². The lowest BCUT2D eigenvalue weighted by Crippen LogP contribution is -2.48. The molecule has 0 N–H and O–H groups in total. The molecule has 1 saturated heterocycles. The summed E-state index contributed by atoms with van der Waals surface area (Å²) in [6.45, 7) is 4.24. The maximum atomic E-state index is 12.5. The molecule has 1 amide bonds. The number of hydrogen-bond acceptors (Lipinski definition) is 5. The van der Waals surface area contributed by atoms with Crippen LogP contribution in [0.5, 0.6) is 0 Å². The average Bonchev–Trinajstić information content (AvgIpc) is 3.02. The molecule has 0 aliphatic carbocycles. The fourth-order valence-corrected chi connectivity index (χ4v) is 4.15. The molecule has 3 rings (SSSR count). The molecule has 5 nitrogen and oxygen atoms in total. The van der Waals surface area contributed by atoms with E-state index in [-0.39, 0.29) is 5.91 Å². The Labute approximate surface area is 154 Å². The second-order valence-electron chi connectivity index (χ2n) is 6.10. The molecule has 2 aromatic rings. The number of benzene rings is 1. The van der Waals surface area contributed by atoms with Crippen molar-refractivity contribution in [1.82, 2.24) is 15.1 Å². The highest BCUT2D eigenvalue weighted by Gasteiger charge is 2.29. The predicted molar refractivity (Wildman–Crippen MR) is 97.8 cm³/mol. The lowest BCUT2D eigenvalue weighted by molar-refractivity contribution is -0.134. The van der Waals surface area contributed by atoms with Gasteiger partial charge in [0, 0.05) is 22.1 Å². The third-order valence-electron chi connectivity index (χ3n) is 4.28. The fraction of sp³-hybridized carbons (Fsp3) is 0.471. The van der Waals surface area contributed by atoms with Crippen molar-refractivity contribution in [2.75, 3.05) is 5.75 Å². The number of hydrogen-bond donors (Lipinski definition) is 0. The van der Waals surface area contributed by atoms with Gasteiger partial charge in [-0.1, -0.05) is 33.8 Å². The highest BCUT2D eigenvalue weighted by atomic mass is 79.9. The first-order valence-corrected chi connectivity index (χ1v) is 9.86. The van der Waals surface area contributed by atoms with Gasteiger partial charge in [0.05, 0.1) is 5.75 Å². The van der Waals surface area contributed by atoms with E-state index < -0.39 is 0 Å². The summed E-state index contributed by atoms with van der Waals surface area (Å²) in [6, 6.07) is 8.30. The Kier molecular flexibility index (Phi) is 5.61. The molecule has 0 spiro atoms. The summed E-state index contributed by atoms with van der Waals surface area (Å²) in [7, 11) is 0. The summed E-state index contributed by atoms with van der Waals surface area (Å²) >= 11 is 4.73. The molecule has 0 bridgehead atoms. The van der Waals surface area contributed by atoms with E-state index in [0.717, 1.165) is 22.9 Å². The van der Waals surface area contributed by atoms with Crippen LogP contribution >= 0.6 is 27.7 Å². The molecule has 1 aromatic heterocycles. The van der Waals surface area contributed by atoms with Crippen LogP contribution in [0.1, 0.15) is 33.1 Å². The van der Waals surface area contributed by atoms with E-state index in [9.17, 15) is 4.79 Å². The first kappa shape index (κ1) is 17.5. The molecule has 0 radical (unpaired) electrons. The Morgan fingerprint density at radius 3 is 2.79 bits per heavy atom. The Hall–Kier alpha value is -1.34. The van der Waals surface area contributed by atoms with E-state index in [1.54, 1.807) is 0 Å². The summed E-state index contributed by atoms with van der Waals surface area (Å²) < 4.78 is 6.62. The van der Waals surface area contributed by atoms with E-state index in [1.807, 2.05) is 29.2 Å². The maximum Gasteiger partial charge on any atom is 0.277 e. The summed E-state index contributed by atoms with van der Waals surface area (Å²) in [5.41, 5.74) is 0.855. The number of halogens is 1. The van der Waals surface area contributed by atoms with Crippen LogP contribution in [0.15, 0.2) is 38.4 Å². The third kappa shape index (κ3) is 4.00. The van der Waals surface area contributed by atoms with Crippen molar-refractivity contribution in [3.05, 3.63) is 28.7 Å². The average molecular weight is 410 g/mol. The summed E-state index contributed by atoms with van der Waals surface area (Å²) in [5, 5.41) is 8.53. The number of aromatic nitrogens is 2. The van der Waals surface area contributed by atoms with E-state index in [1.165, 1.54) is 18.2 Å². The van der Waals surface area contributed by atoms with Gasteiger partial charge in [-0.3, -0.25) is 4.79 Å². The molecule has 0 unspecified atom stereocenters. The molecule has 1 aliphatic rings. The quantitative estimate of drug-likeness (QED) is 0.701. The van der Waals surface area contributed by atoms with Crippen LogP contribution in [0.25, 0.3) is 11.5 Å². The Bertz CT molecular complexity index is 711. The van der Waals surface area contributed by atoms with Crippen LogP contribution in [0.2, 0.25) is 0 Å². The van der Waals surface area contributed by atoms with Crippen molar-refractivity contribution < 1.29 is 9.21 Å². The van der Waals surface area contributed by atoms with Crippen LogP contribution in [-0.2, 0) is 4.79 Å². The van der Waals surface area contributed by atoms with Gasteiger partial charge in [-0.2, -0.15) is 0 Å². The third-order valence-corrected chi connectivity index (χ3v) is 5.58. The molecule has 0 saturated carbocycles. The van der Waals surface area contributed by atoms with Crippen LogP contribution in [0.3, 0.4) is 0 Å². The van der Waals surface area contributed by atoms with Gasteiger partial charge < -0.3 is 9.32 Å². The Morgan fingerprint density at radius 2 is 2.08 bits per heavy atom. The number of nitrogens with zero attached hydrogens (tertiary/aromatic N) is 3. The number of likely N-dealkylation sites (tertiary alicyclic amines) is 1. The summed E-state index contributed by atoms with van der Waals surface area (Å²) in [4.78, 5) is 14.5. The number of piperidine rings is 1. The SMILES string of the molecule is C[C@@H]1CCC[C@H](C)N1C(=O)CSc1nnc(-c2cccc(Br)c2)o1. The molecular formula is C17H20BrN3O2S. The first-order chi connectivity index (χ1) is 11.5. The molecule has 128 valence electrons. The Morgan fingerprint density at radius 1 is 1.33 bits per heavy atom. The zero-order valence-electron chi connectivity index (χ0n) is 13.7. The van der Waals surface area contributed by atoms with Crippen LogP contribution in [0, 0.1) is 0 Å². The van der Waals surface area contributed by atoms with Crippen LogP contribution in [0.4, 0.5) is 0 Å². The molecule has 2 heterocycles. The van der Waals surface area contributed by atoms with Crippen molar-refractivity contribution in [3.63, 3.8) is 0 Å². The number of amides is 1. The highest BCUT2D eigenvalue weighted by molar-refractivity contribution is 9.10. The molecule has 2 atom stereocenters. The summed E-state index contributed by atoms with van der Waals surface area (Å²) in [6.07, 6.45) is 3.35. The predicted octanol–water partition coefficient (Wildman–Crippen LogP) is 4.38. The zero-order chi connectivity index (χ0) is 17.1. The minimum absolute atomic E-state index is 0.141. The largest absolute Gasteiger partial charge is 0.411 e. The molecule has 1 aromatic carbocycles. The summed E-state index contributed by atoms with van der Waals surface area (Å²) in [5.74, 6) is 0.933. The topological polar surface area (TPSA) is 59.2 Å². The molecule has 7 heteroatoms. The van der Waals surface area contributed by atoms with Gasteiger partial charge in [-0.25, -0.2) is 0 Å². The molecule has 1 fully saturated rings. The van der Waals surface area contributed by atoms with Gasteiger partial charge in [0.15, 0.2) is 0 Å². The van der Waals surface area contributed by atoms with Crippen LogP contribution < -0.4 is 0 Å². The van der Waals surface area contributed by atoms with Gasteiger partial charge >= 0.3 is 0 Å². The van der Waals surface area contributed by atoms with E-state index in [2.05, 4.69) is 40.0 Å². The highest BCUT2D eigenvalue weighted by Crippen LogP contribution is 2.27. The van der Waals surface area contributed by atoms with Crippen molar-refractivity contribution >= 4 is 33.6 Å². The lowest BCUT2D eigenvalue weighted by Gasteiger charge is -2.39. The van der Waals surface area contributed by atoms with Crippen molar-refractivity contribution in [2.45, 2.75) is 50.4 Å². The van der Waals surface area contributed by atoms with Crippen molar-refractivity contribution in [1.29, 1.82) is 0 Å². The van der Waals surface area contributed by atoms with E-state index in [4.69, 9.17) is 4.42 Å². The number of carbonyl (C=O) groups is 1. The first-order valence-electron chi connectivity index (χ1n) is 8.08. The minimum Gasteiger partial charge on any atom is -0.411 e. The zero-order valence-corrected chi connectivity index (χ0v) is 16.1. The Balaban J connectivity index is 1.62. The van der Waals surface area contributed by atoms with Gasteiger partial charge in [-0.15, -0.1) is 10.2 Å². The lowest BCUT2D eigenvalue weighted by atomic mass is 9.98. The fourth-order valence-electron chi connectivity index (χ4n) is 3.12. The monoisotopic (exact) mass is 409 g/mol. The van der Waals surface area contributed by atoms with E-state index >= 15 is 0 Å². The number of thioether (sulfide) groups is 1. The standard InChI is InChI=1S/C17H20BrN3O2S/c1-11-5-3-6-12(2)21(11)15(22)10-24-17-20-19-16(23-17)13-7-4-8-14(18)9-13/h4,7-9,11-12H,3,5-6,10H2,1-2H3/t11-,12+. The molecular weight excluding hydrogens is 390 g/mol.